The Morgan fingerprint density at radius 1 is 1.28 bits per heavy atom. The maximum Gasteiger partial charge on any atom is 0.0494 e. The second-order valence-corrected chi connectivity index (χ2v) is 6.04. The van der Waals surface area contributed by atoms with Gasteiger partial charge in [-0.05, 0) is 58.0 Å². The highest BCUT2D eigenvalue weighted by atomic mass is 16.5. The highest BCUT2D eigenvalue weighted by Crippen LogP contribution is 2.28. The minimum atomic E-state index is 0.728. The first kappa shape index (κ1) is 14.3. The zero-order chi connectivity index (χ0) is 12.8. The Balaban J connectivity index is 1.52. The fourth-order valence-electron chi connectivity index (χ4n) is 2.93. The third kappa shape index (κ3) is 4.87. The molecule has 0 bridgehead atoms. The summed E-state index contributed by atoms with van der Waals surface area (Å²) in [6.45, 7) is 10.1. The normalized spacial score (nSPS) is 29.7. The van der Waals surface area contributed by atoms with Crippen LogP contribution in [-0.4, -0.2) is 49.8 Å². The lowest BCUT2D eigenvalue weighted by Gasteiger charge is -2.38. The summed E-state index contributed by atoms with van der Waals surface area (Å²) < 4.78 is 5.70. The molecule has 18 heavy (non-hydrogen) atoms. The molecule has 1 aliphatic carbocycles. The van der Waals surface area contributed by atoms with Crippen LogP contribution in [0, 0.1) is 5.92 Å². The van der Waals surface area contributed by atoms with Crippen molar-refractivity contribution in [2.24, 2.45) is 5.92 Å². The van der Waals surface area contributed by atoms with Gasteiger partial charge in [-0.15, -0.1) is 0 Å². The van der Waals surface area contributed by atoms with Crippen LogP contribution >= 0.6 is 0 Å². The molecule has 0 radical (unpaired) electrons. The van der Waals surface area contributed by atoms with Crippen molar-refractivity contribution in [3.05, 3.63) is 0 Å². The van der Waals surface area contributed by atoms with Crippen LogP contribution in [0.4, 0.5) is 0 Å². The van der Waals surface area contributed by atoms with E-state index in [9.17, 15) is 0 Å². The van der Waals surface area contributed by atoms with E-state index in [1.54, 1.807) is 0 Å². The third-order valence-electron chi connectivity index (χ3n) is 4.29. The molecular weight excluding hydrogens is 224 g/mol. The molecule has 2 atom stereocenters. The average Bonchev–Trinajstić information content (AvgIpc) is 3.16. The predicted molar refractivity (Wildman–Crippen MR) is 75.9 cm³/mol. The van der Waals surface area contributed by atoms with E-state index >= 15 is 0 Å². The Morgan fingerprint density at radius 3 is 2.78 bits per heavy atom. The molecule has 0 aromatic carbocycles. The van der Waals surface area contributed by atoms with Crippen LogP contribution in [0.5, 0.6) is 0 Å². The number of piperidine rings is 1. The van der Waals surface area contributed by atoms with Crippen LogP contribution in [-0.2, 0) is 4.74 Å². The highest BCUT2D eigenvalue weighted by molar-refractivity contribution is 4.82. The van der Waals surface area contributed by atoms with Crippen LogP contribution in [0.25, 0.3) is 0 Å². The topological polar surface area (TPSA) is 24.5 Å². The molecule has 0 aromatic rings. The quantitative estimate of drug-likeness (QED) is 0.673. The summed E-state index contributed by atoms with van der Waals surface area (Å²) in [4.78, 5) is 2.63. The van der Waals surface area contributed by atoms with Crippen LogP contribution < -0.4 is 5.32 Å². The first-order valence-electron chi connectivity index (χ1n) is 7.84. The van der Waals surface area contributed by atoms with E-state index in [1.807, 2.05) is 0 Å². The van der Waals surface area contributed by atoms with Gasteiger partial charge in [0.15, 0.2) is 0 Å². The van der Waals surface area contributed by atoms with Gasteiger partial charge in [-0.3, -0.25) is 0 Å². The van der Waals surface area contributed by atoms with Crippen molar-refractivity contribution < 1.29 is 4.74 Å². The lowest BCUT2D eigenvalue weighted by atomic mass is 9.98. The monoisotopic (exact) mass is 254 g/mol. The predicted octanol–water partition coefficient (Wildman–Crippen LogP) is 2.27. The molecule has 0 spiro atoms. The van der Waals surface area contributed by atoms with Crippen molar-refractivity contribution in [2.75, 3.05) is 32.8 Å². The van der Waals surface area contributed by atoms with E-state index in [1.165, 1.54) is 45.2 Å². The lowest BCUT2D eigenvalue weighted by Crippen LogP contribution is -2.47. The van der Waals surface area contributed by atoms with Gasteiger partial charge in [-0.2, -0.15) is 0 Å². The molecule has 106 valence electrons. The summed E-state index contributed by atoms with van der Waals surface area (Å²) in [7, 11) is 0. The summed E-state index contributed by atoms with van der Waals surface area (Å²) >= 11 is 0. The molecule has 0 amide bonds. The first-order valence-corrected chi connectivity index (χ1v) is 7.84. The molecule has 1 aliphatic heterocycles. The number of hydrogen-bond acceptors (Lipinski definition) is 3. The van der Waals surface area contributed by atoms with Gasteiger partial charge in [0.1, 0.15) is 0 Å². The Hall–Kier alpha value is -0.120. The Bertz CT molecular complexity index is 231. The van der Waals surface area contributed by atoms with E-state index in [0.29, 0.717) is 0 Å². The zero-order valence-corrected chi connectivity index (χ0v) is 12.2. The molecule has 0 aromatic heterocycles. The van der Waals surface area contributed by atoms with Gasteiger partial charge in [0, 0.05) is 31.8 Å². The Morgan fingerprint density at radius 2 is 2.11 bits per heavy atom. The lowest BCUT2D eigenvalue weighted by molar-refractivity contribution is 0.0911. The van der Waals surface area contributed by atoms with E-state index in [0.717, 1.165) is 37.8 Å². The summed E-state index contributed by atoms with van der Waals surface area (Å²) in [6, 6.07) is 1.47. The smallest absolute Gasteiger partial charge is 0.0494 e. The van der Waals surface area contributed by atoms with Crippen molar-refractivity contribution in [3.63, 3.8) is 0 Å². The van der Waals surface area contributed by atoms with E-state index in [2.05, 4.69) is 24.1 Å². The van der Waals surface area contributed by atoms with Gasteiger partial charge < -0.3 is 15.0 Å². The molecule has 3 heteroatoms. The molecule has 1 N–H and O–H groups in total. The molecule has 1 saturated carbocycles. The van der Waals surface area contributed by atoms with Gasteiger partial charge in [0.25, 0.3) is 0 Å². The largest absolute Gasteiger partial charge is 0.381 e. The highest BCUT2D eigenvalue weighted by Gasteiger charge is 2.24. The van der Waals surface area contributed by atoms with E-state index < -0.39 is 0 Å². The maximum atomic E-state index is 5.70. The minimum Gasteiger partial charge on any atom is -0.381 e. The number of ether oxygens (including phenoxy) is 1. The van der Waals surface area contributed by atoms with Crippen LogP contribution in [0.15, 0.2) is 0 Å². The standard InChI is InChI=1S/C15H30N2O/c1-3-16-15-7-9-17(13(2)11-15)8-4-10-18-12-14-5-6-14/h13-16H,3-12H2,1-2H3. The fourth-order valence-corrected chi connectivity index (χ4v) is 2.93. The van der Waals surface area contributed by atoms with Gasteiger partial charge in [-0.1, -0.05) is 6.92 Å². The molecule has 2 aliphatic rings. The van der Waals surface area contributed by atoms with Crippen molar-refractivity contribution >= 4 is 0 Å². The molecule has 2 fully saturated rings. The summed E-state index contributed by atoms with van der Waals surface area (Å²) in [5.74, 6) is 0.903. The van der Waals surface area contributed by atoms with Crippen molar-refractivity contribution in [3.8, 4) is 0 Å². The van der Waals surface area contributed by atoms with E-state index in [-0.39, 0.29) is 0 Å². The van der Waals surface area contributed by atoms with Gasteiger partial charge in [0.2, 0.25) is 0 Å². The third-order valence-corrected chi connectivity index (χ3v) is 4.29. The molecular formula is C15H30N2O. The Kier molecular flexibility index (Phi) is 5.93. The molecule has 1 heterocycles. The van der Waals surface area contributed by atoms with Crippen LogP contribution in [0.1, 0.15) is 46.0 Å². The van der Waals surface area contributed by atoms with Crippen molar-refractivity contribution in [2.45, 2.75) is 58.0 Å². The number of nitrogens with zero attached hydrogens (tertiary/aromatic N) is 1. The van der Waals surface area contributed by atoms with Crippen LogP contribution in [0.2, 0.25) is 0 Å². The van der Waals surface area contributed by atoms with Crippen molar-refractivity contribution in [1.82, 2.24) is 10.2 Å². The molecule has 2 rings (SSSR count). The summed E-state index contributed by atoms with van der Waals surface area (Å²) in [5.41, 5.74) is 0. The number of rotatable bonds is 8. The number of hydrogen-bond donors (Lipinski definition) is 1. The Labute approximate surface area is 112 Å². The van der Waals surface area contributed by atoms with E-state index in [4.69, 9.17) is 4.74 Å². The van der Waals surface area contributed by atoms with Crippen molar-refractivity contribution in [1.29, 1.82) is 0 Å². The SMILES string of the molecule is CCNC1CCN(CCCOCC2CC2)C(C)C1. The first-order chi connectivity index (χ1) is 8.79. The molecule has 2 unspecified atom stereocenters. The molecule has 3 nitrogen and oxygen atoms in total. The average molecular weight is 254 g/mol. The van der Waals surface area contributed by atoms with Gasteiger partial charge in [0.05, 0.1) is 0 Å². The number of likely N-dealkylation sites (tertiary alicyclic amines) is 1. The molecule has 1 saturated heterocycles. The van der Waals surface area contributed by atoms with Gasteiger partial charge >= 0.3 is 0 Å². The van der Waals surface area contributed by atoms with Gasteiger partial charge in [-0.25, -0.2) is 0 Å². The fraction of sp³-hybridized carbons (Fsp3) is 1.00. The second kappa shape index (κ2) is 7.46. The maximum absolute atomic E-state index is 5.70. The summed E-state index contributed by atoms with van der Waals surface area (Å²) in [5, 5.41) is 3.58. The van der Waals surface area contributed by atoms with Crippen LogP contribution in [0.3, 0.4) is 0 Å². The number of nitrogens with one attached hydrogen (secondary N) is 1. The zero-order valence-electron chi connectivity index (χ0n) is 12.2. The minimum absolute atomic E-state index is 0.728. The summed E-state index contributed by atoms with van der Waals surface area (Å²) in [6.07, 6.45) is 6.60. The second-order valence-electron chi connectivity index (χ2n) is 6.04.